The monoisotopic (exact) mass is 448 g/mol. The third kappa shape index (κ3) is 15.4. The van der Waals surface area contributed by atoms with E-state index in [1.54, 1.807) is 13.0 Å². The molecule has 0 N–H and O–H groups in total. The molecule has 0 aliphatic carbocycles. The Bertz CT molecular complexity index is 691. The van der Waals surface area contributed by atoms with Crippen molar-refractivity contribution in [2.24, 2.45) is 0 Å². The number of Topliss-reactive ketones (excluding diaryl/α,β-unsaturated/α-hetero) is 1. The van der Waals surface area contributed by atoms with Crippen molar-refractivity contribution in [3.8, 4) is 0 Å². The van der Waals surface area contributed by atoms with Gasteiger partial charge in [0.15, 0.2) is 5.78 Å². The highest BCUT2D eigenvalue weighted by Gasteiger charge is 2.01. The van der Waals surface area contributed by atoms with Crippen molar-refractivity contribution in [3.05, 3.63) is 35.4 Å². The molecular formula is C20H32O9S. The Hall–Kier alpha value is -1.40. The standard InChI is InChI=1S/C20H32O9S/c1-18(21)20-5-3-4-19(16-20)17-28-13-12-26-9-8-24-6-7-25-10-11-27-14-15-29-30(2,22)23/h3-5,16H,6-15,17H2,1-2H3. The topological polar surface area (TPSA) is 107 Å². The van der Waals surface area contributed by atoms with E-state index in [2.05, 4.69) is 4.18 Å². The largest absolute Gasteiger partial charge is 0.377 e. The summed E-state index contributed by atoms with van der Waals surface area (Å²) in [6.07, 6.45) is 0.994. The highest BCUT2D eigenvalue weighted by Crippen LogP contribution is 2.07. The number of ketones is 1. The van der Waals surface area contributed by atoms with Crippen molar-refractivity contribution in [2.45, 2.75) is 13.5 Å². The van der Waals surface area contributed by atoms with Gasteiger partial charge in [0.25, 0.3) is 10.1 Å². The minimum Gasteiger partial charge on any atom is -0.377 e. The highest BCUT2D eigenvalue weighted by molar-refractivity contribution is 7.85. The maximum Gasteiger partial charge on any atom is 0.264 e. The molecular weight excluding hydrogens is 416 g/mol. The molecule has 0 saturated heterocycles. The molecule has 0 heterocycles. The first-order valence-corrected chi connectivity index (χ1v) is 11.5. The molecule has 0 aromatic heterocycles. The van der Waals surface area contributed by atoms with Gasteiger partial charge in [-0.25, -0.2) is 0 Å². The summed E-state index contributed by atoms with van der Waals surface area (Å²) in [5, 5.41) is 0. The molecule has 0 aliphatic heterocycles. The molecule has 0 aliphatic rings. The second-order valence-electron chi connectivity index (χ2n) is 6.28. The van der Waals surface area contributed by atoms with Gasteiger partial charge < -0.3 is 23.7 Å². The van der Waals surface area contributed by atoms with Crippen molar-refractivity contribution in [3.63, 3.8) is 0 Å². The number of hydrogen-bond donors (Lipinski definition) is 0. The van der Waals surface area contributed by atoms with Crippen LogP contribution in [0, 0.1) is 0 Å². The van der Waals surface area contributed by atoms with Crippen molar-refractivity contribution in [1.29, 1.82) is 0 Å². The van der Waals surface area contributed by atoms with E-state index in [4.69, 9.17) is 23.7 Å². The average Bonchev–Trinajstić information content (AvgIpc) is 2.69. The first-order valence-electron chi connectivity index (χ1n) is 9.71. The molecule has 10 heteroatoms. The Kier molecular flexibility index (Phi) is 14.5. The fraction of sp³-hybridized carbons (Fsp3) is 0.650. The Labute approximate surface area is 178 Å². The van der Waals surface area contributed by atoms with Gasteiger partial charge in [-0.3, -0.25) is 8.98 Å². The SMILES string of the molecule is CC(=O)c1cccc(COCCOCCOCCOCCOCCOS(C)(=O)=O)c1. The van der Waals surface area contributed by atoms with Crippen LogP contribution >= 0.6 is 0 Å². The lowest BCUT2D eigenvalue weighted by atomic mass is 10.1. The quantitative estimate of drug-likeness (QED) is 0.177. The van der Waals surface area contributed by atoms with Gasteiger partial charge in [0.1, 0.15) is 0 Å². The summed E-state index contributed by atoms with van der Waals surface area (Å²) in [5.74, 6) is 0.0379. The number of carbonyl (C=O) groups excluding carboxylic acids is 1. The lowest BCUT2D eigenvalue weighted by Gasteiger charge is -2.08. The summed E-state index contributed by atoms with van der Waals surface area (Å²) in [6, 6.07) is 7.38. The van der Waals surface area contributed by atoms with Crippen molar-refractivity contribution in [1.82, 2.24) is 0 Å². The number of carbonyl (C=O) groups is 1. The van der Waals surface area contributed by atoms with Crippen LogP contribution in [-0.4, -0.2) is 86.5 Å². The second-order valence-corrected chi connectivity index (χ2v) is 7.93. The molecule has 0 saturated carbocycles. The maximum atomic E-state index is 11.3. The number of hydrogen-bond acceptors (Lipinski definition) is 9. The van der Waals surface area contributed by atoms with Crippen LogP contribution in [0.3, 0.4) is 0 Å². The van der Waals surface area contributed by atoms with E-state index < -0.39 is 10.1 Å². The van der Waals surface area contributed by atoms with Crippen LogP contribution in [0.4, 0.5) is 0 Å². The van der Waals surface area contributed by atoms with E-state index >= 15 is 0 Å². The van der Waals surface area contributed by atoms with Gasteiger partial charge in [0, 0.05) is 5.56 Å². The zero-order chi connectivity index (χ0) is 22.1. The van der Waals surface area contributed by atoms with Crippen LogP contribution in [0.15, 0.2) is 24.3 Å². The first-order chi connectivity index (χ1) is 14.4. The number of benzene rings is 1. The molecule has 9 nitrogen and oxygen atoms in total. The molecule has 0 amide bonds. The van der Waals surface area contributed by atoms with Gasteiger partial charge in [0.2, 0.25) is 0 Å². The zero-order valence-electron chi connectivity index (χ0n) is 17.7. The third-order valence-electron chi connectivity index (χ3n) is 3.62. The zero-order valence-corrected chi connectivity index (χ0v) is 18.5. The Balaban J connectivity index is 1.82. The van der Waals surface area contributed by atoms with Gasteiger partial charge in [-0.1, -0.05) is 18.2 Å². The van der Waals surface area contributed by atoms with Gasteiger partial charge in [-0.2, -0.15) is 8.42 Å². The van der Waals surface area contributed by atoms with Gasteiger partial charge in [-0.05, 0) is 18.6 Å². The lowest BCUT2D eigenvalue weighted by molar-refractivity contribution is -0.0138. The smallest absolute Gasteiger partial charge is 0.264 e. The molecule has 1 aromatic rings. The Morgan fingerprint density at radius 3 is 1.70 bits per heavy atom. The molecule has 0 atom stereocenters. The van der Waals surface area contributed by atoms with E-state index in [9.17, 15) is 13.2 Å². The van der Waals surface area contributed by atoms with Crippen molar-refractivity contribution >= 4 is 15.9 Å². The number of rotatable bonds is 19. The van der Waals surface area contributed by atoms with Crippen LogP contribution in [0.5, 0.6) is 0 Å². The molecule has 0 bridgehead atoms. The summed E-state index contributed by atoms with van der Waals surface area (Å²) >= 11 is 0. The van der Waals surface area contributed by atoms with E-state index in [1.165, 1.54) is 0 Å². The fourth-order valence-electron chi connectivity index (χ4n) is 2.19. The predicted molar refractivity (Wildman–Crippen MR) is 110 cm³/mol. The summed E-state index contributed by atoms with van der Waals surface area (Å²) in [4.78, 5) is 11.3. The minimum absolute atomic E-state index is 0.0000359. The molecule has 1 aromatic carbocycles. The molecule has 1 rings (SSSR count). The van der Waals surface area contributed by atoms with E-state index in [0.29, 0.717) is 65.0 Å². The van der Waals surface area contributed by atoms with E-state index in [1.807, 2.05) is 18.2 Å². The number of ether oxygens (including phenoxy) is 5. The van der Waals surface area contributed by atoms with Crippen LogP contribution in [-0.2, 0) is 44.6 Å². The third-order valence-corrected chi connectivity index (χ3v) is 4.21. The second kappa shape index (κ2) is 16.3. The summed E-state index contributed by atoms with van der Waals surface area (Å²) in [7, 11) is -3.41. The van der Waals surface area contributed by atoms with Crippen LogP contribution in [0.25, 0.3) is 0 Å². The normalized spacial score (nSPS) is 11.7. The van der Waals surface area contributed by atoms with E-state index in [0.717, 1.165) is 11.8 Å². The maximum absolute atomic E-state index is 11.3. The van der Waals surface area contributed by atoms with Gasteiger partial charge in [0.05, 0.1) is 78.9 Å². The predicted octanol–water partition coefficient (Wildman–Crippen LogP) is 1.45. The molecule has 0 spiro atoms. The Morgan fingerprint density at radius 1 is 0.767 bits per heavy atom. The molecule has 0 fully saturated rings. The van der Waals surface area contributed by atoms with Gasteiger partial charge in [-0.15, -0.1) is 0 Å². The summed E-state index contributed by atoms with van der Waals surface area (Å²) in [6.45, 7) is 5.66. The van der Waals surface area contributed by atoms with Crippen molar-refractivity contribution < 1.29 is 41.1 Å². The van der Waals surface area contributed by atoms with Gasteiger partial charge >= 0.3 is 0 Å². The average molecular weight is 449 g/mol. The highest BCUT2D eigenvalue weighted by atomic mass is 32.2. The molecule has 30 heavy (non-hydrogen) atoms. The van der Waals surface area contributed by atoms with E-state index in [-0.39, 0.29) is 19.0 Å². The van der Waals surface area contributed by atoms with Crippen LogP contribution in [0.2, 0.25) is 0 Å². The molecule has 0 radical (unpaired) electrons. The lowest BCUT2D eigenvalue weighted by Crippen LogP contribution is -2.14. The summed E-state index contributed by atoms with van der Waals surface area (Å²) < 4.78 is 52.8. The summed E-state index contributed by atoms with van der Waals surface area (Å²) in [5.41, 5.74) is 1.64. The molecule has 0 unspecified atom stereocenters. The van der Waals surface area contributed by atoms with Crippen LogP contribution < -0.4 is 0 Å². The van der Waals surface area contributed by atoms with Crippen LogP contribution in [0.1, 0.15) is 22.8 Å². The minimum atomic E-state index is -3.41. The van der Waals surface area contributed by atoms with Crippen molar-refractivity contribution in [2.75, 3.05) is 72.3 Å². The fourth-order valence-corrected chi connectivity index (χ4v) is 2.56. The Morgan fingerprint density at radius 2 is 1.23 bits per heavy atom. The molecule has 172 valence electrons. The first kappa shape index (κ1) is 26.6.